The number of allylic oxidation sites excluding steroid dienone is 1. The van der Waals surface area contributed by atoms with Crippen molar-refractivity contribution in [3.05, 3.63) is 11.8 Å². The van der Waals surface area contributed by atoms with E-state index in [9.17, 15) is 13.2 Å². The number of hydrogen-bond acceptors (Lipinski definition) is 0. The topological polar surface area (TPSA) is 0 Å². The van der Waals surface area contributed by atoms with Gasteiger partial charge in [0.05, 0.1) is 0 Å². The summed E-state index contributed by atoms with van der Waals surface area (Å²) in [5.74, 6) is 0. The van der Waals surface area contributed by atoms with E-state index >= 15 is 0 Å². The van der Waals surface area contributed by atoms with Crippen LogP contribution in [0.15, 0.2) is 11.8 Å². The fourth-order valence-electron chi connectivity index (χ4n) is 0. The molecule has 0 aromatic rings. The lowest BCUT2D eigenvalue weighted by atomic mass is 10.6. The number of rotatable bonds is 0. The Morgan fingerprint density at radius 2 is 1.57 bits per heavy atom. The first-order valence-corrected chi connectivity index (χ1v) is 2.67. The van der Waals surface area contributed by atoms with Crippen LogP contribution in [-0.4, -0.2) is 16.4 Å². The molecular weight excluding hydrogens is 121 g/mol. The second-order valence-electron chi connectivity index (χ2n) is 1.28. The third-order valence-electron chi connectivity index (χ3n) is 0.484. The molecule has 0 aliphatic carbocycles. The highest BCUT2D eigenvalue weighted by molar-refractivity contribution is 6.22. The highest BCUT2D eigenvalue weighted by Crippen LogP contribution is 2.20. The van der Waals surface area contributed by atoms with Gasteiger partial charge in [0.25, 0.3) is 0 Å². The lowest BCUT2D eigenvalue weighted by Crippen LogP contribution is -2.09. The van der Waals surface area contributed by atoms with Crippen molar-refractivity contribution in [3.8, 4) is 0 Å². The summed E-state index contributed by atoms with van der Waals surface area (Å²) in [7, 11) is 0.00849. The summed E-state index contributed by atoms with van der Waals surface area (Å²) < 4.78 is 33.3. The van der Waals surface area contributed by atoms with Crippen molar-refractivity contribution in [1.82, 2.24) is 0 Å². The van der Waals surface area contributed by atoms with Gasteiger partial charge < -0.3 is 0 Å². The molecule has 0 fully saturated rings. The van der Waals surface area contributed by atoms with Crippen LogP contribution in [-0.2, 0) is 0 Å². The van der Waals surface area contributed by atoms with Crippen LogP contribution in [0.3, 0.4) is 0 Å². The number of halogens is 3. The van der Waals surface area contributed by atoms with E-state index < -0.39 is 11.4 Å². The van der Waals surface area contributed by atoms with Gasteiger partial charge in [-0.25, -0.2) is 0 Å². The first-order valence-electron chi connectivity index (χ1n) is 1.67. The van der Waals surface area contributed by atoms with Crippen LogP contribution in [0, 0.1) is 0 Å². The summed E-state index contributed by atoms with van der Waals surface area (Å²) in [4.78, 5) is 0. The SMILES string of the molecule is C=C([SiH3])C(F)(F)F. The average Bonchev–Trinajstić information content (AvgIpc) is 1.31. The quantitative estimate of drug-likeness (QED) is 0.413. The standard InChI is InChI=1S/C3H5F3Si/c1-2(7)3(4,5)6/h1H2,7H3. The Bertz CT molecular complexity index is 82.7. The average molecular weight is 126 g/mol. The smallest absolute Gasteiger partial charge is 0.167 e. The lowest BCUT2D eigenvalue weighted by Gasteiger charge is -2.01. The zero-order valence-corrected chi connectivity index (χ0v) is 5.84. The number of alkyl halides is 3. The van der Waals surface area contributed by atoms with Crippen LogP contribution in [0.2, 0.25) is 0 Å². The Morgan fingerprint density at radius 1 is 1.43 bits per heavy atom. The van der Waals surface area contributed by atoms with Crippen LogP contribution in [0.5, 0.6) is 0 Å². The summed E-state index contributed by atoms with van der Waals surface area (Å²) in [6, 6.07) is 0. The molecule has 0 atom stereocenters. The summed E-state index contributed by atoms with van der Waals surface area (Å²) in [6.07, 6.45) is -4.13. The summed E-state index contributed by atoms with van der Waals surface area (Å²) >= 11 is 0. The minimum Gasteiger partial charge on any atom is -0.167 e. The third-order valence-corrected chi connectivity index (χ3v) is 1.05. The van der Waals surface area contributed by atoms with E-state index in [-0.39, 0.29) is 10.2 Å². The van der Waals surface area contributed by atoms with Crippen molar-refractivity contribution in [1.29, 1.82) is 0 Å². The molecule has 0 aromatic heterocycles. The van der Waals surface area contributed by atoms with E-state index in [0.717, 1.165) is 0 Å². The molecule has 0 heterocycles. The van der Waals surface area contributed by atoms with E-state index in [1.165, 1.54) is 0 Å². The molecule has 0 rings (SSSR count). The van der Waals surface area contributed by atoms with Gasteiger partial charge in [0.2, 0.25) is 0 Å². The van der Waals surface area contributed by atoms with Crippen molar-refractivity contribution in [2.75, 3.05) is 0 Å². The Balaban J connectivity index is 3.79. The highest BCUT2D eigenvalue weighted by atomic mass is 28.1. The van der Waals surface area contributed by atoms with E-state index in [4.69, 9.17) is 0 Å². The van der Waals surface area contributed by atoms with Crippen LogP contribution in [0.25, 0.3) is 0 Å². The normalized spacial score (nSPS) is 11.9. The van der Waals surface area contributed by atoms with Crippen molar-refractivity contribution < 1.29 is 13.2 Å². The van der Waals surface area contributed by atoms with Gasteiger partial charge in [0.15, 0.2) is 0 Å². The van der Waals surface area contributed by atoms with Crippen molar-refractivity contribution >= 4 is 10.2 Å². The number of hydrogen-bond donors (Lipinski definition) is 0. The van der Waals surface area contributed by atoms with Gasteiger partial charge in [0, 0.05) is 15.4 Å². The predicted molar refractivity (Wildman–Crippen MR) is 25.1 cm³/mol. The minimum absolute atomic E-state index is 0.00849. The Kier molecular flexibility index (Phi) is 1.63. The third kappa shape index (κ3) is 2.44. The van der Waals surface area contributed by atoms with Crippen LogP contribution < -0.4 is 0 Å². The first-order chi connectivity index (χ1) is 2.94. The van der Waals surface area contributed by atoms with E-state index in [1.807, 2.05) is 0 Å². The van der Waals surface area contributed by atoms with Gasteiger partial charge in [-0.1, -0.05) is 6.58 Å². The van der Waals surface area contributed by atoms with Crippen molar-refractivity contribution in [2.45, 2.75) is 6.18 Å². The zero-order valence-electron chi connectivity index (χ0n) is 3.84. The molecule has 0 bridgehead atoms. The Labute approximate surface area is 42.4 Å². The van der Waals surface area contributed by atoms with Gasteiger partial charge >= 0.3 is 6.18 Å². The van der Waals surface area contributed by atoms with Crippen LogP contribution in [0.4, 0.5) is 13.2 Å². The molecule has 0 aliphatic rings. The maximum atomic E-state index is 11.1. The minimum atomic E-state index is -4.13. The Morgan fingerprint density at radius 3 is 1.57 bits per heavy atom. The molecule has 0 aliphatic heterocycles. The fraction of sp³-hybridized carbons (Fsp3) is 0.333. The van der Waals surface area contributed by atoms with Gasteiger partial charge in [0.1, 0.15) is 0 Å². The monoisotopic (exact) mass is 126 g/mol. The van der Waals surface area contributed by atoms with Gasteiger partial charge in [-0.15, -0.1) is 0 Å². The molecule has 0 spiro atoms. The second-order valence-corrected chi connectivity index (χ2v) is 2.49. The van der Waals surface area contributed by atoms with Gasteiger partial charge in [-0.3, -0.25) is 0 Å². The predicted octanol–water partition coefficient (Wildman–Crippen LogP) is 0.428. The molecule has 0 unspecified atom stereocenters. The van der Waals surface area contributed by atoms with E-state index in [1.54, 1.807) is 0 Å². The maximum Gasteiger partial charge on any atom is 0.407 e. The molecule has 0 N–H and O–H groups in total. The van der Waals surface area contributed by atoms with Crippen molar-refractivity contribution in [2.24, 2.45) is 0 Å². The summed E-state index contributed by atoms with van der Waals surface area (Å²) in [5, 5.41) is -0.618. The van der Waals surface area contributed by atoms with E-state index in [2.05, 4.69) is 6.58 Å². The highest BCUT2D eigenvalue weighted by Gasteiger charge is 2.27. The molecule has 42 valence electrons. The second kappa shape index (κ2) is 1.69. The molecule has 0 aromatic carbocycles. The molecule has 7 heavy (non-hydrogen) atoms. The zero-order chi connectivity index (χ0) is 6.08. The van der Waals surface area contributed by atoms with E-state index in [0.29, 0.717) is 0 Å². The van der Waals surface area contributed by atoms with Gasteiger partial charge in [-0.2, -0.15) is 13.2 Å². The Hall–Kier alpha value is -0.253. The molecule has 0 saturated carbocycles. The largest absolute Gasteiger partial charge is 0.407 e. The molecule has 4 heteroatoms. The molecule has 0 amide bonds. The van der Waals surface area contributed by atoms with Crippen LogP contribution in [0.1, 0.15) is 0 Å². The molecular formula is C3H5F3Si. The maximum absolute atomic E-state index is 11.1. The van der Waals surface area contributed by atoms with Crippen molar-refractivity contribution in [3.63, 3.8) is 0 Å². The molecule has 0 nitrogen and oxygen atoms in total. The lowest BCUT2D eigenvalue weighted by molar-refractivity contribution is -0.0842. The summed E-state index contributed by atoms with van der Waals surface area (Å²) in [6.45, 7) is 2.76. The molecule has 0 radical (unpaired) electrons. The summed E-state index contributed by atoms with van der Waals surface area (Å²) in [5.41, 5.74) is 0. The first kappa shape index (κ1) is 6.75. The van der Waals surface area contributed by atoms with Gasteiger partial charge in [-0.05, 0) is 0 Å². The van der Waals surface area contributed by atoms with Crippen LogP contribution >= 0.6 is 0 Å². The fourth-order valence-corrected chi connectivity index (χ4v) is 0. The molecule has 0 saturated heterocycles.